The highest BCUT2D eigenvalue weighted by atomic mass is 32.1. The number of anilines is 1. The third kappa shape index (κ3) is 5.02. The summed E-state index contributed by atoms with van der Waals surface area (Å²) in [5, 5.41) is 16.5. The number of carboxylic acids is 1. The van der Waals surface area contributed by atoms with Gasteiger partial charge in [0.25, 0.3) is 0 Å². The first-order valence-corrected chi connectivity index (χ1v) is 13.5. The average molecular weight is 567 g/mol. The molecule has 5 heterocycles. The molecule has 0 saturated carbocycles. The number of hydrogen-bond donors (Lipinski definition) is 3. The number of fused-ring (bicyclic) bond motifs is 2. The van der Waals surface area contributed by atoms with Gasteiger partial charge in [0.1, 0.15) is 29.5 Å². The highest BCUT2D eigenvalue weighted by molar-refractivity contribution is 7.12. The first-order valence-electron chi connectivity index (χ1n) is 12.6. The first-order chi connectivity index (χ1) is 19.5. The molecule has 2 aliphatic heterocycles. The van der Waals surface area contributed by atoms with Crippen molar-refractivity contribution in [2.75, 3.05) is 18.5 Å². The van der Waals surface area contributed by atoms with E-state index >= 15 is 0 Å². The summed E-state index contributed by atoms with van der Waals surface area (Å²) in [4.78, 5) is 36.8. The van der Waals surface area contributed by atoms with E-state index in [0.29, 0.717) is 23.3 Å². The van der Waals surface area contributed by atoms with Gasteiger partial charge in [0.15, 0.2) is 29.5 Å². The normalized spacial score (nSPS) is 23.8. The predicted molar refractivity (Wildman–Crippen MR) is 142 cm³/mol. The number of nitrogens with zero attached hydrogens (tertiary/aromatic N) is 4. The smallest absolute Gasteiger partial charge is 0.346 e. The third-order valence-electron chi connectivity index (χ3n) is 6.60. The molecule has 208 valence electrons. The number of aromatic nitrogens is 4. The zero-order chi connectivity index (χ0) is 27.6. The van der Waals surface area contributed by atoms with E-state index in [0.717, 1.165) is 16.9 Å². The fourth-order valence-electron chi connectivity index (χ4n) is 4.82. The molecule has 4 unspecified atom stereocenters. The number of nitrogens with one attached hydrogen (secondary N) is 2. The van der Waals surface area contributed by atoms with Gasteiger partial charge in [-0.2, -0.15) is 0 Å². The predicted octanol–water partition coefficient (Wildman–Crippen LogP) is 3.32. The maximum atomic E-state index is 12.1. The molecule has 14 heteroatoms. The van der Waals surface area contributed by atoms with Gasteiger partial charge in [-0.3, -0.25) is 9.88 Å². The minimum atomic E-state index is -0.987. The molecule has 13 nitrogen and oxygen atoms in total. The molecule has 3 N–H and O–H groups in total. The van der Waals surface area contributed by atoms with Gasteiger partial charge in [-0.05, 0) is 18.4 Å². The zero-order valence-corrected chi connectivity index (χ0v) is 22.1. The van der Waals surface area contributed by atoms with Crippen LogP contribution in [0.5, 0.6) is 0 Å². The standard InChI is InChI=1S/C26H26N6O7S/c1-2-27-26(35)31-21-17-22(29-12-28-21)32(13-30-17)23-19-18(38-25(39-19)14-6-4-3-5-7-14)16(37-23)11-36-10-15-8-9-40-20(15)24(33)34/h3-9,12-13,16,18-19,23,25H,2,10-11H2,1H3,(H,33,34)(H2,27,28,29,31,35)/t16?,18?,19?,23?,25-/m0/s1. The summed E-state index contributed by atoms with van der Waals surface area (Å²) in [6.07, 6.45) is 0.0969. The molecule has 1 aromatic carbocycles. The van der Waals surface area contributed by atoms with Crippen LogP contribution >= 0.6 is 11.3 Å². The highest BCUT2D eigenvalue weighted by Gasteiger charge is 2.54. The van der Waals surface area contributed by atoms with Crippen LogP contribution in [0.2, 0.25) is 0 Å². The Balaban J connectivity index is 1.25. The molecule has 3 aromatic heterocycles. The Morgan fingerprint density at radius 3 is 2.73 bits per heavy atom. The molecule has 2 saturated heterocycles. The molecule has 4 aromatic rings. The number of carboxylic acid groups (broad SMARTS) is 1. The number of urea groups is 1. The Bertz CT molecular complexity index is 1510. The lowest BCUT2D eigenvalue weighted by molar-refractivity contribution is -0.158. The minimum Gasteiger partial charge on any atom is -0.477 e. The van der Waals surface area contributed by atoms with E-state index in [4.69, 9.17) is 18.9 Å². The molecule has 0 radical (unpaired) electrons. The van der Waals surface area contributed by atoms with Gasteiger partial charge in [-0.1, -0.05) is 30.3 Å². The number of amides is 2. The van der Waals surface area contributed by atoms with E-state index in [-0.39, 0.29) is 23.9 Å². The second kappa shape index (κ2) is 11.3. The van der Waals surface area contributed by atoms with E-state index in [9.17, 15) is 14.7 Å². The fraction of sp³-hybridized carbons (Fsp3) is 0.346. The van der Waals surface area contributed by atoms with Crippen LogP contribution < -0.4 is 10.6 Å². The fourth-order valence-corrected chi connectivity index (χ4v) is 5.57. The molecule has 0 bridgehead atoms. The summed E-state index contributed by atoms with van der Waals surface area (Å²) >= 11 is 1.15. The van der Waals surface area contributed by atoms with Gasteiger partial charge in [0.2, 0.25) is 0 Å². The van der Waals surface area contributed by atoms with Gasteiger partial charge < -0.3 is 29.4 Å². The van der Waals surface area contributed by atoms with Crippen molar-refractivity contribution in [3.8, 4) is 0 Å². The molecule has 5 atom stereocenters. The summed E-state index contributed by atoms with van der Waals surface area (Å²) in [5.41, 5.74) is 2.30. The van der Waals surface area contributed by atoms with Crippen molar-refractivity contribution < 1.29 is 33.6 Å². The lowest BCUT2D eigenvalue weighted by Crippen LogP contribution is -2.31. The number of ether oxygens (including phenoxy) is 4. The first kappa shape index (κ1) is 26.3. The van der Waals surface area contributed by atoms with Crippen molar-refractivity contribution in [1.82, 2.24) is 24.8 Å². The summed E-state index contributed by atoms with van der Waals surface area (Å²) in [6, 6.07) is 10.9. The quantitative estimate of drug-likeness (QED) is 0.274. The molecule has 2 amide bonds. The van der Waals surface area contributed by atoms with Crippen LogP contribution in [0.4, 0.5) is 10.6 Å². The molecule has 2 aliphatic rings. The highest BCUT2D eigenvalue weighted by Crippen LogP contribution is 2.45. The second-order valence-electron chi connectivity index (χ2n) is 9.14. The van der Waals surface area contributed by atoms with Crippen LogP contribution in [-0.2, 0) is 25.6 Å². The van der Waals surface area contributed by atoms with E-state index in [1.165, 1.54) is 6.33 Å². The Hall–Kier alpha value is -3.95. The molecular weight excluding hydrogens is 540 g/mol. The second-order valence-corrected chi connectivity index (χ2v) is 10.1. The van der Waals surface area contributed by atoms with Crippen LogP contribution in [0.3, 0.4) is 0 Å². The zero-order valence-electron chi connectivity index (χ0n) is 21.3. The van der Waals surface area contributed by atoms with Crippen molar-refractivity contribution in [2.24, 2.45) is 0 Å². The number of carbonyl (C=O) groups excluding carboxylic acids is 1. The minimum absolute atomic E-state index is 0.117. The van der Waals surface area contributed by atoms with Crippen LogP contribution in [0, 0.1) is 0 Å². The van der Waals surface area contributed by atoms with Crippen molar-refractivity contribution in [1.29, 1.82) is 0 Å². The lowest BCUT2D eigenvalue weighted by Gasteiger charge is -2.21. The third-order valence-corrected chi connectivity index (χ3v) is 7.55. The maximum absolute atomic E-state index is 12.1. The topological polar surface area (TPSA) is 159 Å². The van der Waals surface area contributed by atoms with Gasteiger partial charge in [0, 0.05) is 17.7 Å². The number of hydrogen-bond acceptors (Lipinski definition) is 10. The summed E-state index contributed by atoms with van der Waals surface area (Å²) in [5.74, 6) is -0.723. The van der Waals surface area contributed by atoms with Crippen LogP contribution in [0.1, 0.15) is 40.2 Å². The molecule has 0 aliphatic carbocycles. The Morgan fingerprint density at radius 2 is 1.93 bits per heavy atom. The van der Waals surface area contributed by atoms with E-state index in [1.807, 2.05) is 37.3 Å². The van der Waals surface area contributed by atoms with Gasteiger partial charge in [0.05, 0.1) is 19.5 Å². The number of rotatable bonds is 9. The molecule has 2 fully saturated rings. The summed E-state index contributed by atoms with van der Waals surface area (Å²) in [7, 11) is 0. The van der Waals surface area contributed by atoms with Crippen molar-refractivity contribution in [3.63, 3.8) is 0 Å². The Kier molecular flexibility index (Phi) is 7.40. The number of aromatic carboxylic acids is 1. The van der Waals surface area contributed by atoms with Crippen LogP contribution in [-0.4, -0.2) is 68.1 Å². The maximum Gasteiger partial charge on any atom is 0.346 e. The molecule has 6 rings (SSSR count). The summed E-state index contributed by atoms with van der Waals surface area (Å²) < 4.78 is 26.7. The van der Waals surface area contributed by atoms with E-state index < -0.39 is 42.8 Å². The monoisotopic (exact) mass is 566 g/mol. The van der Waals surface area contributed by atoms with Gasteiger partial charge in [-0.25, -0.2) is 24.5 Å². The molecular formula is C26H26N6O7S. The number of imidazole rings is 1. The lowest BCUT2D eigenvalue weighted by atomic mass is 10.1. The van der Waals surface area contributed by atoms with Crippen molar-refractivity contribution in [3.05, 3.63) is 70.4 Å². The number of thiophene rings is 1. The Labute approximate surface area is 232 Å². The Morgan fingerprint density at radius 1 is 1.10 bits per heavy atom. The number of benzene rings is 1. The van der Waals surface area contributed by atoms with Gasteiger partial charge >= 0.3 is 12.0 Å². The van der Waals surface area contributed by atoms with Crippen LogP contribution in [0.15, 0.2) is 54.4 Å². The van der Waals surface area contributed by atoms with Crippen LogP contribution in [0.25, 0.3) is 11.2 Å². The summed E-state index contributed by atoms with van der Waals surface area (Å²) in [6.45, 7) is 2.53. The number of carbonyl (C=O) groups is 2. The average Bonchev–Trinajstić information content (AvgIpc) is 3.74. The van der Waals surface area contributed by atoms with E-state index in [2.05, 4.69) is 25.6 Å². The molecule has 40 heavy (non-hydrogen) atoms. The van der Waals surface area contributed by atoms with Crippen molar-refractivity contribution in [2.45, 2.75) is 44.4 Å². The van der Waals surface area contributed by atoms with Crippen molar-refractivity contribution >= 4 is 40.3 Å². The SMILES string of the molecule is CCNC(=O)Nc1ncnc2c1ncn2C1OC(COCc2ccsc2C(=O)O)C2O[C@H](c3ccccc3)OC21. The largest absolute Gasteiger partial charge is 0.477 e. The molecule has 0 spiro atoms. The van der Waals surface area contributed by atoms with Gasteiger partial charge in [-0.15, -0.1) is 11.3 Å². The van der Waals surface area contributed by atoms with E-state index in [1.54, 1.807) is 22.3 Å².